The van der Waals surface area contributed by atoms with Crippen LogP contribution in [0.4, 0.5) is 0 Å². The molecule has 120 valence electrons. The van der Waals surface area contributed by atoms with Crippen molar-refractivity contribution >= 4 is 29.9 Å². The summed E-state index contributed by atoms with van der Waals surface area (Å²) in [6.45, 7) is 2.96. The van der Waals surface area contributed by atoms with E-state index in [0.29, 0.717) is 0 Å². The van der Waals surface area contributed by atoms with E-state index in [1.54, 1.807) is 7.05 Å². The van der Waals surface area contributed by atoms with E-state index in [-0.39, 0.29) is 24.0 Å². The van der Waals surface area contributed by atoms with Crippen molar-refractivity contribution in [2.45, 2.75) is 19.8 Å². The van der Waals surface area contributed by atoms with Crippen molar-refractivity contribution < 1.29 is 0 Å². The SMILES string of the molecule is CN=C(NC)NCCCc1cn(-c2ccccc2)nc1C.I. The van der Waals surface area contributed by atoms with E-state index in [9.17, 15) is 0 Å². The number of guanidine groups is 1. The average Bonchev–Trinajstić information content (AvgIpc) is 2.89. The van der Waals surface area contributed by atoms with Gasteiger partial charge in [-0.15, -0.1) is 24.0 Å². The number of para-hydroxylation sites is 1. The van der Waals surface area contributed by atoms with Crippen molar-refractivity contribution in [1.82, 2.24) is 20.4 Å². The zero-order valence-corrected chi connectivity index (χ0v) is 15.7. The molecule has 0 unspecified atom stereocenters. The number of rotatable bonds is 5. The molecule has 6 heteroatoms. The molecule has 1 aromatic heterocycles. The quantitative estimate of drug-likeness (QED) is 0.343. The van der Waals surface area contributed by atoms with Gasteiger partial charge in [0.2, 0.25) is 0 Å². The van der Waals surface area contributed by atoms with E-state index in [1.807, 2.05) is 29.9 Å². The summed E-state index contributed by atoms with van der Waals surface area (Å²) < 4.78 is 1.95. The highest BCUT2D eigenvalue weighted by atomic mass is 127. The first-order chi connectivity index (χ1) is 10.2. The number of nitrogens with zero attached hydrogens (tertiary/aromatic N) is 3. The Kier molecular flexibility index (Phi) is 7.94. The van der Waals surface area contributed by atoms with Crippen LogP contribution in [-0.4, -0.2) is 36.4 Å². The Bertz CT molecular complexity index is 592. The predicted octanol–water partition coefficient (Wildman–Crippen LogP) is 2.53. The van der Waals surface area contributed by atoms with Crippen LogP contribution in [0.5, 0.6) is 0 Å². The molecule has 0 aliphatic rings. The van der Waals surface area contributed by atoms with Crippen LogP contribution in [0.2, 0.25) is 0 Å². The fourth-order valence-electron chi connectivity index (χ4n) is 2.22. The summed E-state index contributed by atoms with van der Waals surface area (Å²) in [4.78, 5) is 4.09. The zero-order valence-electron chi connectivity index (χ0n) is 13.3. The standard InChI is InChI=1S/C16H23N5.HI/c1-13-14(8-7-11-19-16(17-2)18-3)12-21(20-13)15-9-5-4-6-10-15;/h4-6,9-10,12H,7-8,11H2,1-3H3,(H2,17,18,19);1H. The Morgan fingerprint density at radius 1 is 1.27 bits per heavy atom. The van der Waals surface area contributed by atoms with E-state index in [0.717, 1.165) is 36.7 Å². The number of aliphatic imine (C=N–C) groups is 1. The smallest absolute Gasteiger partial charge is 0.190 e. The summed E-state index contributed by atoms with van der Waals surface area (Å²) in [5.74, 6) is 0.826. The molecule has 1 aromatic carbocycles. The molecule has 2 aromatic rings. The first-order valence-electron chi connectivity index (χ1n) is 7.23. The minimum Gasteiger partial charge on any atom is -0.359 e. The van der Waals surface area contributed by atoms with Crippen molar-refractivity contribution in [2.24, 2.45) is 4.99 Å². The van der Waals surface area contributed by atoms with Crippen LogP contribution in [0, 0.1) is 6.92 Å². The third-order valence-corrected chi connectivity index (χ3v) is 3.40. The van der Waals surface area contributed by atoms with Gasteiger partial charge in [-0.2, -0.15) is 5.10 Å². The first kappa shape index (κ1) is 18.5. The summed E-state index contributed by atoms with van der Waals surface area (Å²) in [5, 5.41) is 10.9. The maximum atomic E-state index is 4.59. The van der Waals surface area contributed by atoms with Gasteiger partial charge >= 0.3 is 0 Å². The molecular formula is C16H24IN5. The second-order valence-corrected chi connectivity index (χ2v) is 4.87. The van der Waals surface area contributed by atoms with Gasteiger partial charge in [-0.3, -0.25) is 4.99 Å². The van der Waals surface area contributed by atoms with Crippen molar-refractivity contribution in [1.29, 1.82) is 0 Å². The van der Waals surface area contributed by atoms with Crippen LogP contribution in [0.25, 0.3) is 5.69 Å². The van der Waals surface area contributed by atoms with Gasteiger partial charge in [0.15, 0.2) is 5.96 Å². The highest BCUT2D eigenvalue weighted by Crippen LogP contribution is 2.13. The minimum atomic E-state index is 0. The minimum absolute atomic E-state index is 0. The molecule has 0 bridgehead atoms. The van der Waals surface area contributed by atoms with E-state index in [4.69, 9.17) is 0 Å². The summed E-state index contributed by atoms with van der Waals surface area (Å²) >= 11 is 0. The van der Waals surface area contributed by atoms with E-state index in [2.05, 4.69) is 46.0 Å². The number of halogens is 1. The average molecular weight is 413 g/mol. The molecule has 0 saturated carbocycles. The second kappa shape index (κ2) is 9.45. The highest BCUT2D eigenvalue weighted by Gasteiger charge is 2.06. The predicted molar refractivity (Wildman–Crippen MR) is 102 cm³/mol. The molecule has 0 amide bonds. The van der Waals surface area contributed by atoms with E-state index in [1.165, 1.54) is 5.56 Å². The molecule has 0 aliphatic carbocycles. The summed E-state index contributed by atoms with van der Waals surface area (Å²) in [6, 6.07) is 10.2. The lowest BCUT2D eigenvalue weighted by molar-refractivity contribution is 0.755. The number of hydrogen-bond acceptors (Lipinski definition) is 2. The summed E-state index contributed by atoms with van der Waals surface area (Å²) in [6.07, 6.45) is 4.17. The molecule has 0 aliphatic heterocycles. The Morgan fingerprint density at radius 2 is 2.00 bits per heavy atom. The Hall–Kier alpha value is -1.57. The number of aromatic nitrogens is 2. The second-order valence-electron chi connectivity index (χ2n) is 4.87. The van der Waals surface area contributed by atoms with Gasteiger partial charge in [0.25, 0.3) is 0 Å². The highest BCUT2D eigenvalue weighted by molar-refractivity contribution is 14.0. The third kappa shape index (κ3) is 5.01. The van der Waals surface area contributed by atoms with E-state index >= 15 is 0 Å². The van der Waals surface area contributed by atoms with Crippen LogP contribution >= 0.6 is 24.0 Å². The van der Waals surface area contributed by atoms with Crippen molar-refractivity contribution in [3.63, 3.8) is 0 Å². The lowest BCUT2D eigenvalue weighted by Gasteiger charge is -2.07. The summed E-state index contributed by atoms with van der Waals surface area (Å²) in [7, 11) is 3.64. The van der Waals surface area contributed by atoms with Crippen LogP contribution < -0.4 is 10.6 Å². The zero-order chi connectivity index (χ0) is 15.1. The Labute approximate surface area is 149 Å². The van der Waals surface area contributed by atoms with Gasteiger partial charge < -0.3 is 10.6 Å². The molecular weight excluding hydrogens is 389 g/mol. The fraction of sp³-hybridized carbons (Fsp3) is 0.375. The largest absolute Gasteiger partial charge is 0.359 e. The fourth-order valence-corrected chi connectivity index (χ4v) is 2.22. The Balaban J connectivity index is 0.00000242. The topological polar surface area (TPSA) is 54.2 Å². The van der Waals surface area contributed by atoms with Crippen LogP contribution in [0.1, 0.15) is 17.7 Å². The Morgan fingerprint density at radius 3 is 2.64 bits per heavy atom. The van der Waals surface area contributed by atoms with Crippen LogP contribution in [0.3, 0.4) is 0 Å². The first-order valence-corrected chi connectivity index (χ1v) is 7.23. The maximum absolute atomic E-state index is 4.59. The molecule has 0 spiro atoms. The number of hydrogen-bond donors (Lipinski definition) is 2. The molecule has 1 heterocycles. The molecule has 2 N–H and O–H groups in total. The van der Waals surface area contributed by atoms with Gasteiger partial charge in [-0.25, -0.2) is 4.68 Å². The van der Waals surface area contributed by atoms with Gasteiger partial charge in [0.1, 0.15) is 0 Å². The van der Waals surface area contributed by atoms with Crippen molar-refractivity contribution in [2.75, 3.05) is 20.6 Å². The third-order valence-electron chi connectivity index (χ3n) is 3.40. The lowest BCUT2D eigenvalue weighted by atomic mass is 10.1. The molecule has 22 heavy (non-hydrogen) atoms. The summed E-state index contributed by atoms with van der Waals surface area (Å²) in [5.41, 5.74) is 3.48. The number of benzene rings is 1. The maximum Gasteiger partial charge on any atom is 0.190 e. The lowest BCUT2D eigenvalue weighted by Crippen LogP contribution is -2.35. The molecule has 2 rings (SSSR count). The molecule has 0 fully saturated rings. The van der Waals surface area contributed by atoms with Crippen LogP contribution in [-0.2, 0) is 6.42 Å². The molecule has 0 radical (unpaired) electrons. The number of aryl methyl sites for hydroxylation is 2. The molecule has 5 nitrogen and oxygen atoms in total. The van der Waals surface area contributed by atoms with Gasteiger partial charge in [-0.05, 0) is 37.5 Å². The van der Waals surface area contributed by atoms with Crippen molar-refractivity contribution in [3.05, 3.63) is 47.8 Å². The van der Waals surface area contributed by atoms with Gasteiger partial charge in [-0.1, -0.05) is 18.2 Å². The monoisotopic (exact) mass is 413 g/mol. The van der Waals surface area contributed by atoms with Crippen molar-refractivity contribution in [3.8, 4) is 5.69 Å². The molecule has 0 atom stereocenters. The normalized spacial score (nSPS) is 11.0. The van der Waals surface area contributed by atoms with E-state index < -0.39 is 0 Å². The van der Waals surface area contributed by atoms with Gasteiger partial charge in [0, 0.05) is 26.8 Å². The van der Waals surface area contributed by atoms with Crippen LogP contribution in [0.15, 0.2) is 41.5 Å². The van der Waals surface area contributed by atoms with Gasteiger partial charge in [0.05, 0.1) is 11.4 Å². The molecule has 0 saturated heterocycles. The number of nitrogens with one attached hydrogen (secondary N) is 2.